The molecule has 2 rings (SSSR count). The van der Waals surface area contributed by atoms with Gasteiger partial charge < -0.3 is 5.32 Å². The lowest BCUT2D eigenvalue weighted by atomic mass is 9.88. The molecule has 98 valence electrons. The molecule has 0 aliphatic heterocycles. The van der Waals surface area contributed by atoms with Crippen molar-refractivity contribution in [3.8, 4) is 0 Å². The highest BCUT2D eigenvalue weighted by molar-refractivity contribution is 5.78. The molecule has 2 nitrogen and oxygen atoms in total. The molecular formula is C15H20FNO. The fraction of sp³-hybridized carbons (Fsp3) is 0.533. The van der Waals surface area contributed by atoms with E-state index < -0.39 is 0 Å². The number of carbonyl (C=O) groups is 1. The molecule has 1 aromatic carbocycles. The summed E-state index contributed by atoms with van der Waals surface area (Å²) in [7, 11) is 0. The Hall–Kier alpha value is -1.38. The van der Waals surface area contributed by atoms with Crippen LogP contribution in [0.5, 0.6) is 0 Å². The summed E-state index contributed by atoms with van der Waals surface area (Å²) >= 11 is 0. The van der Waals surface area contributed by atoms with Gasteiger partial charge in [-0.1, -0.05) is 37.5 Å². The normalized spacial score (nSPS) is 16.5. The first-order valence-electron chi connectivity index (χ1n) is 6.78. The number of benzene rings is 1. The Morgan fingerprint density at radius 2 is 1.94 bits per heavy atom. The van der Waals surface area contributed by atoms with Gasteiger partial charge >= 0.3 is 0 Å². The van der Waals surface area contributed by atoms with Crippen LogP contribution in [0.15, 0.2) is 24.3 Å². The fourth-order valence-corrected chi connectivity index (χ4v) is 2.53. The fourth-order valence-electron chi connectivity index (χ4n) is 2.53. The van der Waals surface area contributed by atoms with Crippen LogP contribution in [-0.4, -0.2) is 12.5 Å². The maximum absolute atomic E-state index is 13.4. The average molecular weight is 249 g/mol. The molecule has 1 N–H and O–H groups in total. The predicted octanol–water partition coefficient (Wildman–Crippen LogP) is 3.06. The molecule has 0 atom stereocenters. The van der Waals surface area contributed by atoms with Gasteiger partial charge in [0.05, 0.1) is 0 Å². The molecule has 0 spiro atoms. The lowest BCUT2D eigenvalue weighted by molar-refractivity contribution is -0.125. The highest BCUT2D eigenvalue weighted by atomic mass is 19.1. The largest absolute Gasteiger partial charge is 0.356 e. The van der Waals surface area contributed by atoms with Gasteiger partial charge in [-0.05, 0) is 30.9 Å². The molecule has 3 heteroatoms. The Morgan fingerprint density at radius 1 is 1.22 bits per heavy atom. The molecule has 1 aliphatic rings. The summed E-state index contributed by atoms with van der Waals surface area (Å²) in [5, 5.41) is 2.92. The summed E-state index contributed by atoms with van der Waals surface area (Å²) in [6, 6.07) is 6.72. The molecule has 0 heterocycles. The van der Waals surface area contributed by atoms with Gasteiger partial charge in [-0.3, -0.25) is 4.79 Å². The minimum absolute atomic E-state index is 0.144. The minimum Gasteiger partial charge on any atom is -0.356 e. The van der Waals surface area contributed by atoms with Crippen LogP contribution in [0.3, 0.4) is 0 Å². The highest BCUT2D eigenvalue weighted by Gasteiger charge is 2.20. The van der Waals surface area contributed by atoms with E-state index in [-0.39, 0.29) is 17.6 Å². The number of carbonyl (C=O) groups excluding carboxylic acids is 1. The Balaban J connectivity index is 1.75. The van der Waals surface area contributed by atoms with Crippen molar-refractivity contribution in [2.45, 2.75) is 38.5 Å². The van der Waals surface area contributed by atoms with Crippen LogP contribution in [-0.2, 0) is 11.2 Å². The topological polar surface area (TPSA) is 29.1 Å². The zero-order chi connectivity index (χ0) is 12.8. The van der Waals surface area contributed by atoms with Crippen LogP contribution in [0.1, 0.15) is 37.7 Å². The van der Waals surface area contributed by atoms with E-state index in [1.54, 1.807) is 12.1 Å². The van der Waals surface area contributed by atoms with Crippen molar-refractivity contribution in [2.75, 3.05) is 6.54 Å². The number of rotatable bonds is 4. The molecule has 1 aromatic rings. The molecule has 0 radical (unpaired) electrons. The van der Waals surface area contributed by atoms with E-state index in [1.807, 2.05) is 6.07 Å². The molecule has 1 saturated carbocycles. The van der Waals surface area contributed by atoms with Crippen molar-refractivity contribution < 1.29 is 9.18 Å². The zero-order valence-electron chi connectivity index (χ0n) is 10.6. The first-order chi connectivity index (χ1) is 8.77. The number of hydrogen-bond donors (Lipinski definition) is 1. The van der Waals surface area contributed by atoms with Gasteiger partial charge in [-0.25, -0.2) is 4.39 Å². The molecular weight excluding hydrogens is 229 g/mol. The third-order valence-electron chi connectivity index (χ3n) is 3.63. The summed E-state index contributed by atoms with van der Waals surface area (Å²) < 4.78 is 13.4. The average Bonchev–Trinajstić information content (AvgIpc) is 2.42. The van der Waals surface area contributed by atoms with E-state index in [0.717, 1.165) is 25.7 Å². The monoisotopic (exact) mass is 249 g/mol. The second kappa shape index (κ2) is 6.53. The van der Waals surface area contributed by atoms with Crippen molar-refractivity contribution in [3.05, 3.63) is 35.6 Å². The van der Waals surface area contributed by atoms with Crippen molar-refractivity contribution in [2.24, 2.45) is 5.92 Å². The molecule has 1 amide bonds. The molecule has 18 heavy (non-hydrogen) atoms. The molecule has 0 unspecified atom stereocenters. The summed E-state index contributed by atoms with van der Waals surface area (Å²) in [6.45, 7) is 0.524. The molecule has 0 aromatic heterocycles. The van der Waals surface area contributed by atoms with Crippen LogP contribution in [0, 0.1) is 11.7 Å². The summed E-state index contributed by atoms with van der Waals surface area (Å²) in [6.07, 6.45) is 6.14. The predicted molar refractivity (Wildman–Crippen MR) is 69.7 cm³/mol. The van der Waals surface area contributed by atoms with Gasteiger partial charge in [0, 0.05) is 12.5 Å². The maximum atomic E-state index is 13.4. The number of amides is 1. The molecule has 0 bridgehead atoms. The SMILES string of the molecule is O=C(NCCc1ccccc1F)C1CCCCC1. The number of halogens is 1. The van der Waals surface area contributed by atoms with E-state index in [1.165, 1.54) is 12.5 Å². The van der Waals surface area contributed by atoms with Gasteiger partial charge in [0.15, 0.2) is 0 Å². The lowest BCUT2D eigenvalue weighted by Gasteiger charge is -2.20. The first-order valence-corrected chi connectivity index (χ1v) is 6.78. The third kappa shape index (κ3) is 3.56. The van der Waals surface area contributed by atoms with Gasteiger partial charge in [-0.2, -0.15) is 0 Å². The van der Waals surface area contributed by atoms with Gasteiger partial charge in [0.1, 0.15) is 5.82 Å². The van der Waals surface area contributed by atoms with Gasteiger partial charge in [0.25, 0.3) is 0 Å². The summed E-state index contributed by atoms with van der Waals surface area (Å²) in [5.41, 5.74) is 0.668. The maximum Gasteiger partial charge on any atom is 0.223 e. The second-order valence-electron chi connectivity index (χ2n) is 4.97. The van der Waals surface area contributed by atoms with Gasteiger partial charge in [0.2, 0.25) is 5.91 Å². The number of hydrogen-bond acceptors (Lipinski definition) is 1. The van der Waals surface area contributed by atoms with E-state index in [0.29, 0.717) is 18.5 Å². The zero-order valence-corrected chi connectivity index (χ0v) is 10.6. The van der Waals surface area contributed by atoms with E-state index in [2.05, 4.69) is 5.32 Å². The minimum atomic E-state index is -0.190. The Kier molecular flexibility index (Phi) is 4.73. The van der Waals surface area contributed by atoms with Crippen LogP contribution < -0.4 is 5.32 Å². The van der Waals surface area contributed by atoms with Crippen molar-refractivity contribution in [3.63, 3.8) is 0 Å². The highest BCUT2D eigenvalue weighted by Crippen LogP contribution is 2.23. The van der Waals surface area contributed by atoms with E-state index in [9.17, 15) is 9.18 Å². The quantitative estimate of drug-likeness (QED) is 0.873. The van der Waals surface area contributed by atoms with Crippen LogP contribution in [0.2, 0.25) is 0 Å². The number of nitrogens with one attached hydrogen (secondary N) is 1. The van der Waals surface area contributed by atoms with Crippen molar-refractivity contribution >= 4 is 5.91 Å². The molecule has 1 aliphatic carbocycles. The Morgan fingerprint density at radius 3 is 2.67 bits per heavy atom. The molecule has 1 fully saturated rings. The van der Waals surface area contributed by atoms with Gasteiger partial charge in [-0.15, -0.1) is 0 Å². The van der Waals surface area contributed by atoms with E-state index in [4.69, 9.17) is 0 Å². The third-order valence-corrected chi connectivity index (χ3v) is 3.63. The van der Waals surface area contributed by atoms with Crippen LogP contribution in [0.25, 0.3) is 0 Å². The Bertz CT molecular complexity index is 399. The van der Waals surface area contributed by atoms with Crippen LogP contribution in [0.4, 0.5) is 4.39 Å². The molecule has 0 saturated heterocycles. The smallest absolute Gasteiger partial charge is 0.223 e. The van der Waals surface area contributed by atoms with Crippen molar-refractivity contribution in [1.29, 1.82) is 0 Å². The summed E-state index contributed by atoms with van der Waals surface area (Å²) in [4.78, 5) is 11.9. The Labute approximate surface area is 108 Å². The standard InChI is InChI=1S/C15H20FNO/c16-14-9-5-4-6-12(14)10-11-17-15(18)13-7-2-1-3-8-13/h4-6,9,13H,1-3,7-8,10-11H2,(H,17,18). The first kappa shape index (κ1) is 13.1. The van der Waals surface area contributed by atoms with Crippen molar-refractivity contribution in [1.82, 2.24) is 5.32 Å². The van der Waals surface area contributed by atoms with E-state index >= 15 is 0 Å². The van der Waals surface area contributed by atoms with Crippen LogP contribution >= 0.6 is 0 Å². The summed E-state index contributed by atoms with van der Waals surface area (Å²) in [5.74, 6) is 0.134. The lowest BCUT2D eigenvalue weighted by Crippen LogP contribution is -2.33. The second-order valence-corrected chi connectivity index (χ2v) is 4.97.